The summed E-state index contributed by atoms with van der Waals surface area (Å²) in [7, 11) is 0. The van der Waals surface area contributed by atoms with Crippen molar-refractivity contribution in [2.24, 2.45) is 22.2 Å². The Labute approximate surface area is 232 Å². The minimum absolute atomic E-state index is 0.114. The Bertz CT molecular complexity index is 1190. The smallest absolute Gasteiger partial charge is 0.426 e. The zero-order valence-corrected chi connectivity index (χ0v) is 24.6. The number of fused-ring (bicyclic) bond motifs is 1. The number of rotatable bonds is 7. The van der Waals surface area contributed by atoms with Crippen LogP contribution in [0.3, 0.4) is 0 Å². The van der Waals surface area contributed by atoms with Gasteiger partial charge in [-0.3, -0.25) is 0 Å². The fraction of sp³-hybridized carbons (Fsp3) is 0.500. The van der Waals surface area contributed by atoms with Crippen molar-refractivity contribution in [1.29, 1.82) is 0 Å². The molecule has 0 heterocycles. The number of allylic oxidation sites excluding steroid dienone is 13. The number of thiol groups is 2. The zero-order valence-electron chi connectivity index (χ0n) is 22.8. The second kappa shape index (κ2) is 10.1. The van der Waals surface area contributed by atoms with Crippen LogP contribution in [0.25, 0.3) is 0 Å². The molecule has 0 aliphatic heterocycles. The van der Waals surface area contributed by atoms with E-state index in [1.807, 2.05) is 39.0 Å². The van der Waals surface area contributed by atoms with Crippen LogP contribution in [0.2, 0.25) is 0 Å². The summed E-state index contributed by atoms with van der Waals surface area (Å²) in [5.74, 6) is 1.16. The summed E-state index contributed by atoms with van der Waals surface area (Å²) in [5.41, 5.74) is 2.95. The Morgan fingerprint density at radius 1 is 0.946 bits per heavy atom. The first-order valence-corrected chi connectivity index (χ1v) is 14.3. The molecule has 1 fully saturated rings. The standard InChI is InChI=1S/C32H40F2OS2/c1-21-8-11-25(19-29(3,4)16-21)35-32(33,34)24-10-9-23-14-22(2)17-30(5,12-7-13-36)20-27(23)31(6,18-24)26-15-28(26)37/h8-11,14,16-20,26,28,36-37H,7,12-13,15H2,1-6H3. The monoisotopic (exact) mass is 542 g/mol. The molecule has 4 aliphatic rings. The molecular formula is C32H40F2OS2. The van der Waals surface area contributed by atoms with Crippen LogP contribution >= 0.6 is 25.3 Å². The van der Waals surface area contributed by atoms with Gasteiger partial charge in [0.15, 0.2) is 0 Å². The van der Waals surface area contributed by atoms with Gasteiger partial charge in [-0.2, -0.15) is 34.0 Å². The highest BCUT2D eigenvalue weighted by Gasteiger charge is 2.52. The Hall–Kier alpha value is -1.72. The summed E-state index contributed by atoms with van der Waals surface area (Å²) < 4.78 is 37.3. The average Bonchev–Trinajstić information content (AvgIpc) is 3.56. The maximum Gasteiger partial charge on any atom is 0.426 e. The van der Waals surface area contributed by atoms with Crippen molar-refractivity contribution in [1.82, 2.24) is 0 Å². The van der Waals surface area contributed by atoms with Crippen molar-refractivity contribution in [2.45, 2.75) is 72.2 Å². The largest absolute Gasteiger partial charge is 0.429 e. The second-order valence-electron chi connectivity index (χ2n) is 12.2. The zero-order chi connectivity index (χ0) is 27.2. The third kappa shape index (κ3) is 6.30. The van der Waals surface area contributed by atoms with Gasteiger partial charge in [-0.15, -0.1) is 0 Å². The van der Waals surface area contributed by atoms with E-state index in [0.29, 0.717) is 0 Å². The van der Waals surface area contributed by atoms with E-state index in [-0.39, 0.29) is 27.9 Å². The third-order valence-electron chi connectivity index (χ3n) is 7.81. The van der Waals surface area contributed by atoms with Gasteiger partial charge in [0.2, 0.25) is 0 Å². The molecule has 200 valence electrons. The predicted molar refractivity (Wildman–Crippen MR) is 158 cm³/mol. The first kappa shape index (κ1) is 28.3. The number of hydrogen-bond donors (Lipinski definition) is 2. The molecule has 4 atom stereocenters. The van der Waals surface area contributed by atoms with Gasteiger partial charge < -0.3 is 4.74 Å². The highest BCUT2D eigenvalue weighted by molar-refractivity contribution is 7.81. The van der Waals surface area contributed by atoms with E-state index in [1.54, 1.807) is 24.3 Å². The van der Waals surface area contributed by atoms with Crippen molar-refractivity contribution in [3.63, 3.8) is 0 Å². The maximum atomic E-state index is 15.9. The third-order valence-corrected chi connectivity index (χ3v) is 8.70. The Morgan fingerprint density at radius 2 is 1.65 bits per heavy atom. The van der Waals surface area contributed by atoms with E-state index < -0.39 is 16.9 Å². The van der Waals surface area contributed by atoms with Crippen LogP contribution in [0.15, 0.2) is 94.4 Å². The molecule has 4 unspecified atom stereocenters. The van der Waals surface area contributed by atoms with Gasteiger partial charge >= 0.3 is 6.11 Å². The topological polar surface area (TPSA) is 9.23 Å². The highest BCUT2D eigenvalue weighted by atomic mass is 32.1. The van der Waals surface area contributed by atoms with Gasteiger partial charge in [0.1, 0.15) is 5.76 Å². The van der Waals surface area contributed by atoms with Crippen molar-refractivity contribution < 1.29 is 13.5 Å². The van der Waals surface area contributed by atoms with Crippen molar-refractivity contribution in [3.8, 4) is 0 Å². The Balaban J connectivity index is 1.79. The molecule has 37 heavy (non-hydrogen) atoms. The van der Waals surface area contributed by atoms with Gasteiger partial charge in [0, 0.05) is 21.5 Å². The summed E-state index contributed by atoms with van der Waals surface area (Å²) in [6, 6.07) is 0. The fourth-order valence-electron chi connectivity index (χ4n) is 6.07. The fourth-order valence-corrected chi connectivity index (χ4v) is 6.76. The average molecular weight is 543 g/mol. The van der Waals surface area contributed by atoms with E-state index >= 15 is 8.78 Å². The van der Waals surface area contributed by atoms with E-state index in [4.69, 9.17) is 17.4 Å². The molecule has 0 spiro atoms. The molecule has 0 aromatic heterocycles. The molecule has 0 amide bonds. The number of ether oxygens (including phenoxy) is 1. The van der Waals surface area contributed by atoms with E-state index in [0.717, 1.165) is 47.3 Å². The summed E-state index contributed by atoms with van der Waals surface area (Å²) in [6.45, 7) is 12.4. The first-order valence-electron chi connectivity index (χ1n) is 13.2. The van der Waals surface area contributed by atoms with Gasteiger partial charge in [0.05, 0.1) is 5.57 Å². The molecule has 0 radical (unpaired) electrons. The molecule has 1 nitrogen and oxygen atoms in total. The normalized spacial score (nSPS) is 32.9. The lowest BCUT2D eigenvalue weighted by atomic mass is 9.71. The lowest BCUT2D eigenvalue weighted by Crippen LogP contribution is -2.28. The molecule has 4 aliphatic carbocycles. The molecule has 0 aromatic carbocycles. The minimum Gasteiger partial charge on any atom is -0.429 e. The molecule has 0 aromatic rings. The van der Waals surface area contributed by atoms with Crippen molar-refractivity contribution >= 4 is 25.3 Å². The first-order chi connectivity index (χ1) is 17.2. The van der Waals surface area contributed by atoms with E-state index in [9.17, 15) is 0 Å². The van der Waals surface area contributed by atoms with Crippen LogP contribution < -0.4 is 0 Å². The molecular weight excluding hydrogens is 502 g/mol. The van der Waals surface area contributed by atoms with E-state index in [2.05, 4.69) is 51.6 Å². The van der Waals surface area contributed by atoms with Crippen LogP contribution in [0.1, 0.15) is 60.8 Å². The van der Waals surface area contributed by atoms with Crippen molar-refractivity contribution in [3.05, 3.63) is 94.4 Å². The summed E-state index contributed by atoms with van der Waals surface area (Å²) in [6.07, 6.45) is 18.5. The second-order valence-corrected chi connectivity index (χ2v) is 13.3. The SMILES string of the molecule is CC1=CC(C)(C)C=C(OC(F)(F)C2=CC(C)(C3CC3S)C3=CC(C)(CCCS)C=C(C)C=C3C=C2)C=C1. The predicted octanol–water partition coefficient (Wildman–Crippen LogP) is 9.37. The number of alkyl halides is 2. The molecule has 0 bridgehead atoms. The summed E-state index contributed by atoms with van der Waals surface area (Å²) in [5, 5.41) is 0.181. The molecule has 5 heteroatoms. The van der Waals surface area contributed by atoms with Gasteiger partial charge in [-0.05, 0) is 74.2 Å². The molecule has 1 saturated carbocycles. The van der Waals surface area contributed by atoms with Crippen LogP contribution in [0.4, 0.5) is 8.78 Å². The van der Waals surface area contributed by atoms with Crippen LogP contribution in [0, 0.1) is 22.2 Å². The van der Waals surface area contributed by atoms with Gasteiger partial charge in [-0.25, -0.2) is 0 Å². The summed E-state index contributed by atoms with van der Waals surface area (Å²) in [4.78, 5) is 0. The minimum atomic E-state index is -3.49. The number of hydrogen-bond acceptors (Lipinski definition) is 3. The Morgan fingerprint density at radius 3 is 2.30 bits per heavy atom. The van der Waals surface area contributed by atoms with Crippen LogP contribution in [-0.2, 0) is 4.74 Å². The maximum absolute atomic E-state index is 15.9. The molecule has 4 rings (SSSR count). The quantitative estimate of drug-likeness (QED) is 0.305. The lowest BCUT2D eigenvalue weighted by Gasteiger charge is -2.34. The van der Waals surface area contributed by atoms with Crippen molar-refractivity contribution in [2.75, 3.05) is 5.75 Å². The van der Waals surface area contributed by atoms with Gasteiger partial charge in [0.25, 0.3) is 0 Å². The highest BCUT2D eigenvalue weighted by Crippen LogP contribution is 2.58. The van der Waals surface area contributed by atoms with Crippen LogP contribution in [-0.4, -0.2) is 17.1 Å². The molecule has 0 N–H and O–H groups in total. The molecule has 0 saturated heterocycles. The number of halogens is 2. The van der Waals surface area contributed by atoms with Crippen LogP contribution in [0.5, 0.6) is 0 Å². The summed E-state index contributed by atoms with van der Waals surface area (Å²) >= 11 is 9.19. The van der Waals surface area contributed by atoms with Gasteiger partial charge in [-0.1, -0.05) is 81.4 Å². The van der Waals surface area contributed by atoms with E-state index in [1.165, 1.54) is 0 Å². The Kier molecular flexibility index (Phi) is 7.73. The lowest BCUT2D eigenvalue weighted by molar-refractivity contribution is -0.177.